The summed E-state index contributed by atoms with van der Waals surface area (Å²) in [6, 6.07) is 10.8. The number of halogens is 3. The monoisotopic (exact) mass is 595 g/mol. The minimum absolute atomic E-state index is 0.0417. The maximum atomic E-state index is 15.1. The molecule has 0 bridgehead atoms. The van der Waals surface area contributed by atoms with Gasteiger partial charge < -0.3 is 23.9 Å². The van der Waals surface area contributed by atoms with Crippen molar-refractivity contribution in [1.82, 2.24) is 14.5 Å². The molecule has 4 aromatic rings. The third-order valence-corrected chi connectivity index (χ3v) is 8.74. The maximum absolute atomic E-state index is 15.1. The summed E-state index contributed by atoms with van der Waals surface area (Å²) in [5, 5.41) is 9.84. The van der Waals surface area contributed by atoms with Gasteiger partial charge in [0.25, 0.3) is 0 Å². The van der Waals surface area contributed by atoms with Gasteiger partial charge in [-0.2, -0.15) is 0 Å². The lowest BCUT2D eigenvalue weighted by Crippen LogP contribution is -2.36. The summed E-state index contributed by atoms with van der Waals surface area (Å²) in [6.45, 7) is 4.46. The average Bonchev–Trinajstić information content (AvgIpc) is 3.29. The second-order valence-corrected chi connectivity index (χ2v) is 11.4. The van der Waals surface area contributed by atoms with Gasteiger partial charge in [-0.05, 0) is 55.7 Å². The summed E-state index contributed by atoms with van der Waals surface area (Å²) < 4.78 is 49.8. The van der Waals surface area contributed by atoms with Crippen LogP contribution >= 0.6 is 11.6 Å². The van der Waals surface area contributed by atoms with Gasteiger partial charge in [-0.25, -0.2) is 18.6 Å². The SMILES string of the molecule is CC1c2c(ccc3c2O[C@@H](c2ccc(Cl)cc2F)CO3)CCN1Cc1nc2c(F)cc(C(=O)O)cc2n1C[C@@H]1CCO1. The minimum atomic E-state index is -1.20. The number of rotatable bonds is 6. The Balaban J connectivity index is 1.23. The predicted molar refractivity (Wildman–Crippen MR) is 150 cm³/mol. The molecule has 0 spiro atoms. The number of aromatic carboxylic acids is 1. The second-order valence-electron chi connectivity index (χ2n) is 11.0. The van der Waals surface area contributed by atoms with E-state index in [0.717, 1.165) is 36.6 Å². The molecule has 218 valence electrons. The Labute approximate surface area is 245 Å². The summed E-state index contributed by atoms with van der Waals surface area (Å²) in [4.78, 5) is 18.6. The number of carboxylic acids is 1. The first kappa shape index (κ1) is 27.1. The van der Waals surface area contributed by atoms with Crippen molar-refractivity contribution in [3.05, 3.63) is 87.2 Å². The number of benzene rings is 3. The topological polar surface area (TPSA) is 86.0 Å². The van der Waals surface area contributed by atoms with Crippen LogP contribution in [-0.4, -0.2) is 51.4 Å². The summed E-state index contributed by atoms with van der Waals surface area (Å²) in [5.41, 5.74) is 2.90. The molecule has 1 aromatic heterocycles. The van der Waals surface area contributed by atoms with Gasteiger partial charge >= 0.3 is 5.97 Å². The van der Waals surface area contributed by atoms with Crippen LogP contribution in [0.3, 0.4) is 0 Å². The number of hydrogen-bond donors (Lipinski definition) is 1. The van der Waals surface area contributed by atoms with E-state index in [-0.39, 0.29) is 29.8 Å². The first-order valence-electron chi connectivity index (χ1n) is 13.9. The largest absolute Gasteiger partial charge is 0.485 e. The van der Waals surface area contributed by atoms with E-state index in [2.05, 4.69) is 16.8 Å². The van der Waals surface area contributed by atoms with Crippen LogP contribution in [0.2, 0.25) is 5.02 Å². The molecule has 7 rings (SSSR count). The molecular weight excluding hydrogens is 568 g/mol. The van der Waals surface area contributed by atoms with Crippen LogP contribution in [0.15, 0.2) is 42.5 Å². The maximum Gasteiger partial charge on any atom is 0.335 e. The molecule has 3 atom stereocenters. The highest BCUT2D eigenvalue weighted by molar-refractivity contribution is 6.30. The van der Waals surface area contributed by atoms with E-state index >= 15 is 4.39 Å². The number of nitrogens with zero attached hydrogens (tertiary/aromatic N) is 3. The molecule has 3 aromatic carbocycles. The van der Waals surface area contributed by atoms with Crippen molar-refractivity contribution in [1.29, 1.82) is 0 Å². The van der Waals surface area contributed by atoms with E-state index < -0.39 is 23.7 Å². The molecule has 0 aliphatic carbocycles. The van der Waals surface area contributed by atoms with E-state index in [9.17, 15) is 14.3 Å². The van der Waals surface area contributed by atoms with Gasteiger partial charge in [0, 0.05) is 35.3 Å². The molecule has 1 N–H and O–H groups in total. The average molecular weight is 596 g/mol. The number of ether oxygens (including phenoxy) is 3. The standard InChI is InChI=1S/C31H28ClF2N3O5/c1-16-28-17(2-5-25-30(28)42-26(15-41-25)21-4-3-19(32)12-22(21)33)6-8-36(16)14-27-35-29-23(34)10-18(31(38)39)11-24(29)37(27)13-20-7-9-40-20/h2-5,10-12,16,20,26H,6-9,13-15H2,1H3,(H,38,39)/t16?,20-,26+/m0/s1. The number of fused-ring (bicyclic) bond motifs is 4. The van der Waals surface area contributed by atoms with Crippen molar-refractivity contribution in [2.45, 2.75) is 51.1 Å². The van der Waals surface area contributed by atoms with Gasteiger partial charge in [0.2, 0.25) is 0 Å². The van der Waals surface area contributed by atoms with E-state index in [1.54, 1.807) is 12.1 Å². The van der Waals surface area contributed by atoms with Gasteiger partial charge in [0.15, 0.2) is 23.4 Å². The Kier molecular flexibility index (Phi) is 6.79. The number of imidazole rings is 1. The Morgan fingerprint density at radius 1 is 1.17 bits per heavy atom. The van der Waals surface area contributed by atoms with E-state index in [1.165, 1.54) is 12.1 Å². The molecule has 1 saturated heterocycles. The fraction of sp³-hybridized carbons (Fsp3) is 0.355. The minimum Gasteiger partial charge on any atom is -0.485 e. The summed E-state index contributed by atoms with van der Waals surface area (Å²) in [7, 11) is 0. The smallest absolute Gasteiger partial charge is 0.335 e. The molecule has 0 radical (unpaired) electrons. The van der Waals surface area contributed by atoms with Crippen molar-refractivity contribution >= 4 is 28.6 Å². The first-order chi connectivity index (χ1) is 20.3. The van der Waals surface area contributed by atoms with Crippen molar-refractivity contribution in [3.8, 4) is 11.5 Å². The zero-order chi connectivity index (χ0) is 29.1. The van der Waals surface area contributed by atoms with Crippen LogP contribution in [0.4, 0.5) is 8.78 Å². The van der Waals surface area contributed by atoms with Crippen LogP contribution < -0.4 is 9.47 Å². The highest BCUT2D eigenvalue weighted by Crippen LogP contribution is 2.47. The quantitative estimate of drug-likeness (QED) is 0.289. The molecule has 8 nitrogen and oxygen atoms in total. The van der Waals surface area contributed by atoms with Crippen LogP contribution in [0.25, 0.3) is 11.0 Å². The zero-order valence-electron chi connectivity index (χ0n) is 22.8. The molecule has 4 heterocycles. The second kappa shape index (κ2) is 10.5. The molecular formula is C31H28ClF2N3O5. The number of aromatic nitrogens is 2. The Hall–Kier alpha value is -3.73. The molecule has 11 heteroatoms. The molecule has 1 fully saturated rings. The number of carboxylic acid groups (broad SMARTS) is 1. The molecule has 1 unspecified atom stereocenters. The number of hydrogen-bond acceptors (Lipinski definition) is 6. The lowest BCUT2D eigenvalue weighted by molar-refractivity contribution is -0.0592. The van der Waals surface area contributed by atoms with Crippen LogP contribution in [-0.2, 0) is 24.2 Å². The molecule has 0 saturated carbocycles. The van der Waals surface area contributed by atoms with Crippen molar-refractivity contribution in [2.75, 3.05) is 19.8 Å². The van der Waals surface area contributed by atoms with E-state index in [4.69, 9.17) is 25.8 Å². The molecule has 0 amide bonds. The highest BCUT2D eigenvalue weighted by Gasteiger charge is 2.35. The van der Waals surface area contributed by atoms with Gasteiger partial charge in [0.05, 0.1) is 30.3 Å². The third-order valence-electron chi connectivity index (χ3n) is 8.50. The van der Waals surface area contributed by atoms with Gasteiger partial charge in [-0.3, -0.25) is 4.90 Å². The van der Waals surface area contributed by atoms with Gasteiger partial charge in [0.1, 0.15) is 23.8 Å². The van der Waals surface area contributed by atoms with E-state index in [0.29, 0.717) is 53.1 Å². The highest BCUT2D eigenvalue weighted by atomic mass is 35.5. The summed E-state index contributed by atoms with van der Waals surface area (Å²) in [5.74, 6) is -0.506. The Morgan fingerprint density at radius 2 is 2.00 bits per heavy atom. The van der Waals surface area contributed by atoms with E-state index in [1.807, 2.05) is 16.7 Å². The van der Waals surface area contributed by atoms with Crippen molar-refractivity contribution in [3.63, 3.8) is 0 Å². The fourth-order valence-corrected chi connectivity index (χ4v) is 6.30. The van der Waals surface area contributed by atoms with Crippen LogP contribution in [0.5, 0.6) is 11.5 Å². The van der Waals surface area contributed by atoms with Crippen molar-refractivity contribution < 1.29 is 32.9 Å². The molecule has 3 aliphatic rings. The summed E-state index contributed by atoms with van der Waals surface area (Å²) in [6.07, 6.45) is 0.925. The fourth-order valence-electron chi connectivity index (χ4n) is 6.14. The molecule has 42 heavy (non-hydrogen) atoms. The number of carbonyl (C=O) groups is 1. The summed E-state index contributed by atoms with van der Waals surface area (Å²) >= 11 is 5.96. The van der Waals surface area contributed by atoms with Crippen LogP contribution in [0, 0.1) is 11.6 Å². The normalized spacial score (nSPS) is 21.7. The first-order valence-corrected chi connectivity index (χ1v) is 14.3. The Bertz CT molecular complexity index is 1720. The lowest BCUT2D eigenvalue weighted by atomic mass is 9.91. The van der Waals surface area contributed by atoms with Crippen molar-refractivity contribution in [2.24, 2.45) is 0 Å². The lowest BCUT2D eigenvalue weighted by Gasteiger charge is -2.38. The van der Waals surface area contributed by atoms with Gasteiger partial charge in [-0.1, -0.05) is 23.7 Å². The molecule has 3 aliphatic heterocycles. The Morgan fingerprint density at radius 3 is 2.74 bits per heavy atom. The van der Waals surface area contributed by atoms with Gasteiger partial charge in [-0.15, -0.1) is 0 Å². The van der Waals surface area contributed by atoms with Crippen LogP contribution in [0.1, 0.15) is 58.4 Å². The predicted octanol–water partition coefficient (Wildman–Crippen LogP) is 6.09. The third kappa shape index (κ3) is 4.67. The zero-order valence-corrected chi connectivity index (χ0v) is 23.5.